The Labute approximate surface area is 90.2 Å². The first-order chi connectivity index (χ1) is 7.26. The topological polar surface area (TPSA) is 75.7 Å². The fraction of sp³-hybridized carbons (Fsp3) is 0.250. The maximum Gasteiger partial charge on any atom is 0.195 e. The molecule has 0 radical (unpaired) electrons. The van der Waals surface area contributed by atoms with Gasteiger partial charge >= 0.3 is 0 Å². The molecule has 0 fully saturated rings. The highest BCUT2D eigenvalue weighted by atomic mass is 35.5. The monoisotopic (exact) mass is 225 g/mol. The average molecular weight is 226 g/mol. The van der Waals surface area contributed by atoms with Crippen LogP contribution in [-0.2, 0) is 6.42 Å². The molecule has 0 aromatic carbocycles. The van der Waals surface area contributed by atoms with Crippen molar-refractivity contribution in [3.8, 4) is 0 Å². The van der Waals surface area contributed by atoms with Crippen molar-refractivity contribution in [2.45, 2.75) is 13.3 Å². The lowest BCUT2D eigenvalue weighted by molar-refractivity contribution is 0.320. The molecule has 78 valence electrons. The van der Waals surface area contributed by atoms with E-state index in [1.807, 2.05) is 6.92 Å². The van der Waals surface area contributed by atoms with Gasteiger partial charge in [0.25, 0.3) is 0 Å². The standard InChI is InChI=1S/C8H8ClN5O/c1-2-6-10-11-7-4-3-5(8(9)13-15)12-14(6)7/h3-4,15H,2H2,1H3/b13-8-. The first-order valence-corrected chi connectivity index (χ1v) is 4.73. The van der Waals surface area contributed by atoms with Crippen molar-refractivity contribution in [1.29, 1.82) is 0 Å². The minimum atomic E-state index is -0.0624. The lowest BCUT2D eigenvalue weighted by atomic mass is 10.4. The number of aromatic nitrogens is 4. The Morgan fingerprint density at radius 3 is 3.00 bits per heavy atom. The molecule has 2 aromatic rings. The largest absolute Gasteiger partial charge is 0.410 e. The van der Waals surface area contributed by atoms with Gasteiger partial charge in [-0.05, 0) is 12.1 Å². The number of hydrogen-bond donors (Lipinski definition) is 1. The zero-order valence-corrected chi connectivity index (χ0v) is 8.68. The summed E-state index contributed by atoms with van der Waals surface area (Å²) >= 11 is 5.64. The van der Waals surface area contributed by atoms with Crippen LogP contribution in [0.25, 0.3) is 5.65 Å². The van der Waals surface area contributed by atoms with E-state index in [9.17, 15) is 0 Å². The highest BCUT2D eigenvalue weighted by molar-refractivity contribution is 6.69. The van der Waals surface area contributed by atoms with Gasteiger partial charge in [-0.25, -0.2) is 0 Å². The number of aryl methyl sites for hydroxylation is 1. The van der Waals surface area contributed by atoms with Gasteiger partial charge in [-0.1, -0.05) is 23.7 Å². The van der Waals surface area contributed by atoms with Gasteiger partial charge in [-0.3, -0.25) is 0 Å². The van der Waals surface area contributed by atoms with Crippen molar-refractivity contribution >= 4 is 22.4 Å². The van der Waals surface area contributed by atoms with Gasteiger partial charge in [-0.2, -0.15) is 9.61 Å². The SMILES string of the molecule is CCc1nnc2ccc(/C(Cl)=N/O)nn12. The maximum absolute atomic E-state index is 8.51. The van der Waals surface area contributed by atoms with Crippen molar-refractivity contribution in [3.63, 3.8) is 0 Å². The highest BCUT2D eigenvalue weighted by Gasteiger charge is 2.08. The first-order valence-electron chi connectivity index (χ1n) is 4.35. The molecular formula is C8H8ClN5O. The molecule has 1 N–H and O–H groups in total. The van der Waals surface area contributed by atoms with E-state index in [1.54, 1.807) is 16.6 Å². The second-order valence-electron chi connectivity index (χ2n) is 2.85. The van der Waals surface area contributed by atoms with Gasteiger partial charge in [0.2, 0.25) is 0 Å². The van der Waals surface area contributed by atoms with Crippen LogP contribution in [0.5, 0.6) is 0 Å². The number of nitrogens with zero attached hydrogens (tertiary/aromatic N) is 5. The molecule has 15 heavy (non-hydrogen) atoms. The second kappa shape index (κ2) is 3.82. The van der Waals surface area contributed by atoms with E-state index in [-0.39, 0.29) is 5.17 Å². The molecule has 2 rings (SSSR count). The molecule has 0 aliphatic rings. The fourth-order valence-electron chi connectivity index (χ4n) is 1.22. The van der Waals surface area contributed by atoms with E-state index in [4.69, 9.17) is 16.8 Å². The van der Waals surface area contributed by atoms with E-state index in [0.29, 0.717) is 17.8 Å². The molecule has 2 aromatic heterocycles. The third kappa shape index (κ3) is 1.63. The second-order valence-corrected chi connectivity index (χ2v) is 3.21. The van der Waals surface area contributed by atoms with Gasteiger partial charge in [0.1, 0.15) is 5.69 Å². The van der Waals surface area contributed by atoms with Gasteiger partial charge in [0, 0.05) is 6.42 Å². The van der Waals surface area contributed by atoms with Gasteiger partial charge in [0.05, 0.1) is 0 Å². The van der Waals surface area contributed by atoms with E-state index in [2.05, 4.69) is 20.5 Å². The van der Waals surface area contributed by atoms with Gasteiger partial charge in [0.15, 0.2) is 16.6 Å². The Kier molecular flexibility index (Phi) is 2.51. The maximum atomic E-state index is 8.51. The molecule has 6 nitrogen and oxygen atoms in total. The van der Waals surface area contributed by atoms with Crippen molar-refractivity contribution < 1.29 is 5.21 Å². The first kappa shape index (κ1) is 9.85. The summed E-state index contributed by atoms with van der Waals surface area (Å²) in [5.74, 6) is 0.731. The molecule has 0 saturated heterocycles. The predicted octanol–water partition coefficient (Wildman–Crippen LogP) is 1.06. The summed E-state index contributed by atoms with van der Waals surface area (Å²) < 4.78 is 1.57. The van der Waals surface area contributed by atoms with Crippen LogP contribution in [0.1, 0.15) is 18.4 Å². The molecule has 0 atom stereocenters. The van der Waals surface area contributed by atoms with Crippen LogP contribution < -0.4 is 0 Å². The van der Waals surface area contributed by atoms with E-state index in [0.717, 1.165) is 5.82 Å². The highest BCUT2D eigenvalue weighted by Crippen LogP contribution is 2.06. The summed E-state index contributed by atoms with van der Waals surface area (Å²) in [5, 5.41) is 23.3. The van der Waals surface area contributed by atoms with Gasteiger partial charge < -0.3 is 5.21 Å². The van der Waals surface area contributed by atoms with Crippen LogP contribution in [-0.4, -0.2) is 30.2 Å². The fourth-order valence-corrected chi connectivity index (χ4v) is 1.32. The van der Waals surface area contributed by atoms with Crippen molar-refractivity contribution in [2.24, 2.45) is 5.16 Å². The molecule has 2 heterocycles. The minimum Gasteiger partial charge on any atom is -0.410 e. The molecule has 0 spiro atoms. The molecule has 0 amide bonds. The smallest absolute Gasteiger partial charge is 0.195 e. The number of fused-ring (bicyclic) bond motifs is 1. The van der Waals surface area contributed by atoms with Crippen molar-refractivity contribution in [2.75, 3.05) is 0 Å². The molecule has 0 bridgehead atoms. The number of rotatable bonds is 2. The molecule has 0 aliphatic heterocycles. The van der Waals surface area contributed by atoms with Crippen LogP contribution in [0.15, 0.2) is 17.3 Å². The predicted molar refractivity (Wildman–Crippen MR) is 54.3 cm³/mol. The normalized spacial score (nSPS) is 12.3. The summed E-state index contributed by atoms with van der Waals surface area (Å²) in [5.41, 5.74) is 1.01. The summed E-state index contributed by atoms with van der Waals surface area (Å²) in [7, 11) is 0. The van der Waals surface area contributed by atoms with Crippen LogP contribution in [0, 0.1) is 0 Å². The summed E-state index contributed by atoms with van der Waals surface area (Å²) in [6.45, 7) is 1.95. The molecule has 0 saturated carbocycles. The third-order valence-electron chi connectivity index (χ3n) is 1.94. The molecule has 0 unspecified atom stereocenters. The number of hydrogen-bond acceptors (Lipinski definition) is 5. The quantitative estimate of drug-likeness (QED) is 0.471. The number of oxime groups is 1. The van der Waals surface area contributed by atoms with Crippen LogP contribution in [0.4, 0.5) is 0 Å². The van der Waals surface area contributed by atoms with Crippen LogP contribution in [0.3, 0.4) is 0 Å². The lowest BCUT2D eigenvalue weighted by Crippen LogP contribution is -2.04. The molecule has 0 aliphatic carbocycles. The third-order valence-corrected chi connectivity index (χ3v) is 2.21. The number of halogens is 1. The minimum absolute atomic E-state index is 0.0624. The Morgan fingerprint density at radius 2 is 2.33 bits per heavy atom. The zero-order valence-electron chi connectivity index (χ0n) is 7.92. The van der Waals surface area contributed by atoms with E-state index >= 15 is 0 Å². The molecular weight excluding hydrogens is 218 g/mol. The van der Waals surface area contributed by atoms with Crippen LogP contribution in [0.2, 0.25) is 0 Å². The van der Waals surface area contributed by atoms with E-state index < -0.39 is 0 Å². The van der Waals surface area contributed by atoms with Crippen molar-refractivity contribution in [1.82, 2.24) is 19.8 Å². The van der Waals surface area contributed by atoms with Gasteiger partial charge in [-0.15, -0.1) is 10.2 Å². The zero-order chi connectivity index (χ0) is 10.8. The lowest BCUT2D eigenvalue weighted by Gasteiger charge is -1.98. The average Bonchev–Trinajstić information content (AvgIpc) is 2.69. The Balaban J connectivity index is 2.62. The Bertz CT molecular complexity index is 521. The molecule has 7 heteroatoms. The Morgan fingerprint density at radius 1 is 1.53 bits per heavy atom. The van der Waals surface area contributed by atoms with Crippen LogP contribution >= 0.6 is 11.6 Å². The summed E-state index contributed by atoms with van der Waals surface area (Å²) in [4.78, 5) is 0. The summed E-state index contributed by atoms with van der Waals surface area (Å²) in [6.07, 6.45) is 0.714. The van der Waals surface area contributed by atoms with Crippen molar-refractivity contribution in [3.05, 3.63) is 23.7 Å². The van der Waals surface area contributed by atoms with E-state index in [1.165, 1.54) is 0 Å². The Hall–Kier alpha value is -1.69. The summed E-state index contributed by atoms with van der Waals surface area (Å²) in [6, 6.07) is 3.33.